The number of carbonyl (C=O) groups is 4. The highest BCUT2D eigenvalue weighted by Crippen LogP contribution is 2.45. The molecule has 0 radical (unpaired) electrons. The summed E-state index contributed by atoms with van der Waals surface area (Å²) in [5.41, 5.74) is 2.93. The predicted molar refractivity (Wildman–Crippen MR) is 396 cm³/mol. The highest BCUT2D eigenvalue weighted by molar-refractivity contribution is 5.90. The summed E-state index contributed by atoms with van der Waals surface area (Å²) in [6, 6.07) is 29.2. The van der Waals surface area contributed by atoms with Gasteiger partial charge in [-0.3, -0.25) is 14.4 Å². The van der Waals surface area contributed by atoms with Crippen LogP contribution in [0, 0.1) is 17.8 Å². The second kappa shape index (κ2) is 39.2. The summed E-state index contributed by atoms with van der Waals surface area (Å²) in [7, 11) is 5.79. The average molecular weight is 1470 g/mol. The van der Waals surface area contributed by atoms with E-state index in [4.69, 9.17) is 61.6 Å². The van der Waals surface area contributed by atoms with Crippen molar-refractivity contribution in [3.8, 4) is 11.5 Å². The molecule has 574 valence electrons. The fraction of sp³-hybridized carbons (Fsp3) is 0.500. The number of aliphatic hydroxyl groups is 4. The summed E-state index contributed by atoms with van der Waals surface area (Å²) in [6.07, 6.45) is 8.68. The van der Waals surface area contributed by atoms with Crippen LogP contribution in [0.5, 0.6) is 11.5 Å². The average Bonchev–Trinajstić information content (AvgIpc) is 0.765. The second-order valence-electron chi connectivity index (χ2n) is 28.9. The number of carbonyl (C=O) groups excluding carboxylic acids is 4. The molecule has 5 heterocycles. The molecule has 22 nitrogen and oxygen atoms in total. The van der Waals surface area contributed by atoms with Crippen LogP contribution in [0.2, 0.25) is 0 Å². The SMILES string of the molecule is COC(=O)[C@@H]1[C@@H](OC(=O)c2ccc(C(C)(C)C)cc2)C[C@@]2(OC)C[C@@H]3C[C@@H](OC(c4ccc(OC)cc4)O3)[C@H](O)CC[C@@H]3C[C@H](CC(=O)O[C@@H](C)[C@H](C)[C@H](O)[C@@H](C)/C=C/C=C/C=C/C=C/C=C/C=C/C=C/[C@H](O[C@@H]4O[C@H](C)[C@@H](O)[C@H](NC(=O)Cc5ccccc5)[C@@H]4O)C[C@@H]1O2)OC(c1ccc(OC)cc1)O3. The minimum atomic E-state index is -1.76. The van der Waals surface area contributed by atoms with Crippen molar-refractivity contribution in [1.29, 1.82) is 0 Å². The van der Waals surface area contributed by atoms with Crippen LogP contribution in [0.3, 0.4) is 0 Å². The van der Waals surface area contributed by atoms with Gasteiger partial charge in [0, 0.05) is 62.2 Å². The fourth-order valence-electron chi connectivity index (χ4n) is 13.8. The third-order valence-electron chi connectivity index (χ3n) is 20.2. The van der Waals surface area contributed by atoms with Gasteiger partial charge in [0.2, 0.25) is 5.91 Å². The first-order valence-electron chi connectivity index (χ1n) is 36.6. The minimum absolute atomic E-state index is 0.0383. The number of amides is 1. The van der Waals surface area contributed by atoms with Crippen LogP contribution in [0.15, 0.2) is 188 Å². The first-order valence-corrected chi connectivity index (χ1v) is 36.6. The van der Waals surface area contributed by atoms with E-state index in [1.165, 1.54) is 14.2 Å². The van der Waals surface area contributed by atoms with Crippen molar-refractivity contribution >= 4 is 23.8 Å². The number of esters is 3. The summed E-state index contributed by atoms with van der Waals surface area (Å²) in [4.78, 5) is 57.0. The first-order chi connectivity index (χ1) is 50.9. The zero-order chi connectivity index (χ0) is 76.1. The molecular weight excluding hydrogens is 1360 g/mol. The van der Waals surface area contributed by atoms with Gasteiger partial charge >= 0.3 is 17.9 Å². The van der Waals surface area contributed by atoms with Gasteiger partial charge < -0.3 is 87.3 Å². The lowest BCUT2D eigenvalue weighted by Gasteiger charge is -2.49. The van der Waals surface area contributed by atoms with Crippen molar-refractivity contribution in [1.82, 2.24) is 5.32 Å². The lowest BCUT2D eigenvalue weighted by molar-refractivity contribution is -0.333. The summed E-state index contributed by atoms with van der Waals surface area (Å²) in [6.45, 7) is 13.3. The Bertz CT molecular complexity index is 3660. The molecule has 4 fully saturated rings. The molecule has 9 rings (SSSR count). The molecule has 1 amide bonds. The van der Waals surface area contributed by atoms with E-state index in [9.17, 15) is 39.6 Å². The molecule has 0 saturated carbocycles. The van der Waals surface area contributed by atoms with Crippen LogP contribution in [0.4, 0.5) is 0 Å². The van der Waals surface area contributed by atoms with Gasteiger partial charge in [0.05, 0.1) is 101 Å². The molecule has 0 aromatic heterocycles. The van der Waals surface area contributed by atoms with Crippen molar-refractivity contribution in [2.45, 2.75) is 222 Å². The smallest absolute Gasteiger partial charge is 0.338 e. The number of nitrogens with one attached hydrogen (secondary N) is 1. The van der Waals surface area contributed by atoms with Crippen molar-refractivity contribution in [3.63, 3.8) is 0 Å². The molecule has 5 N–H and O–H groups in total. The van der Waals surface area contributed by atoms with Gasteiger partial charge in [0.15, 0.2) is 24.7 Å². The van der Waals surface area contributed by atoms with Crippen molar-refractivity contribution in [3.05, 3.63) is 216 Å². The molecule has 2 unspecified atom stereocenters. The number of ether oxygens (including phenoxy) is 13. The van der Waals surface area contributed by atoms with E-state index >= 15 is 0 Å². The minimum Gasteiger partial charge on any atom is -0.497 e. The van der Waals surface area contributed by atoms with Crippen LogP contribution < -0.4 is 14.8 Å². The van der Waals surface area contributed by atoms with Gasteiger partial charge in [-0.2, -0.15) is 0 Å². The molecule has 4 saturated heterocycles. The molecule has 4 aromatic carbocycles. The number of cyclic esters (lactones) is 1. The van der Waals surface area contributed by atoms with Crippen LogP contribution in [-0.4, -0.2) is 170 Å². The maximum Gasteiger partial charge on any atom is 0.338 e. The van der Waals surface area contributed by atoms with Gasteiger partial charge in [-0.25, -0.2) is 4.79 Å². The molecule has 5 aliphatic heterocycles. The molecule has 5 aliphatic rings. The van der Waals surface area contributed by atoms with Crippen molar-refractivity contribution in [2.24, 2.45) is 17.8 Å². The molecule has 6 bridgehead atoms. The van der Waals surface area contributed by atoms with Crippen LogP contribution in [0.1, 0.15) is 145 Å². The van der Waals surface area contributed by atoms with Gasteiger partial charge in [-0.1, -0.05) is 186 Å². The number of benzene rings is 4. The molecule has 22 heteroatoms. The van der Waals surface area contributed by atoms with Crippen LogP contribution >= 0.6 is 0 Å². The number of rotatable bonds is 13. The Labute approximate surface area is 622 Å². The molecule has 0 spiro atoms. The molecule has 4 aromatic rings. The van der Waals surface area contributed by atoms with Crippen molar-refractivity contribution in [2.75, 3.05) is 28.4 Å². The topological polar surface area (TPSA) is 281 Å². The van der Waals surface area contributed by atoms with Crippen molar-refractivity contribution < 1.29 is 101 Å². The predicted octanol–water partition coefficient (Wildman–Crippen LogP) is 11.6. The summed E-state index contributed by atoms with van der Waals surface area (Å²) >= 11 is 0. The Morgan fingerprint density at radius 1 is 0.585 bits per heavy atom. The zero-order valence-corrected chi connectivity index (χ0v) is 62.5. The summed E-state index contributed by atoms with van der Waals surface area (Å²) in [5, 5.41) is 50.5. The largest absolute Gasteiger partial charge is 0.497 e. The third-order valence-corrected chi connectivity index (χ3v) is 20.2. The standard InChI is InChI=1S/C84H107NO21/c1-52-27-23-20-18-16-14-12-13-15-17-19-21-26-30-63(101-82-77(91)74(76(90)55(4)99-82)85-71(87)45-56-28-24-22-25-29-56)47-69-73(79(93)96-10)70(104-78(92)57-31-37-60(38-32-57)83(5,6)7)51-84(97-11,106-69)50-66-48-68(105-81(103-66)59-35-41-62(95-9)42-36-59)67(86)44-43-64-46-65(49-72(88)98-54(3)53(2)75(52)89)102-80(100-64)58-33-39-61(94-8)40-34-58/h12-42,52-55,63-70,73-77,80-82,86,89-91H,43-51H2,1-11H3,(H,85,87)/b13-12+,16-14+,17-15+,20-18+,21-19+,27-23+,30-26+/t52-,53-,54-,55+,63-,64+,65+,66-,67+,68+,69-,70-,73-,74-,75+,76+,77-,80?,81?,82-,84+/m0/s1. The van der Waals surface area contributed by atoms with Gasteiger partial charge in [-0.15, -0.1) is 0 Å². The maximum absolute atomic E-state index is 14.7. The Morgan fingerprint density at radius 2 is 1.16 bits per heavy atom. The molecular formula is C84H107NO21. The first kappa shape index (κ1) is 82.1. The Hall–Kier alpha value is -7.94. The van der Waals surface area contributed by atoms with E-state index in [1.54, 1.807) is 125 Å². The van der Waals surface area contributed by atoms with Crippen LogP contribution in [0.25, 0.3) is 0 Å². The monoisotopic (exact) mass is 1470 g/mol. The quantitative estimate of drug-likeness (QED) is 0.0614. The highest BCUT2D eigenvalue weighted by atomic mass is 16.7. The lowest BCUT2D eigenvalue weighted by Crippen LogP contribution is -2.64. The van der Waals surface area contributed by atoms with E-state index < -0.39 is 146 Å². The normalized spacial score (nSPS) is 34.7. The zero-order valence-electron chi connectivity index (χ0n) is 62.5. The van der Waals surface area contributed by atoms with Gasteiger partial charge in [-0.05, 0) is 79.6 Å². The van der Waals surface area contributed by atoms with E-state index in [-0.39, 0.29) is 68.3 Å². The van der Waals surface area contributed by atoms with Gasteiger partial charge in [0.1, 0.15) is 41.8 Å². The number of hydrogen-bond donors (Lipinski definition) is 5. The number of allylic oxidation sites excluding steroid dienone is 12. The Balaban J connectivity index is 1.09. The van der Waals surface area contributed by atoms with E-state index in [0.29, 0.717) is 34.6 Å². The number of fused-ring (bicyclic) bond motifs is 6. The molecule has 21 atom stereocenters. The van der Waals surface area contributed by atoms with E-state index in [0.717, 1.165) is 5.56 Å². The Morgan fingerprint density at radius 3 is 1.75 bits per heavy atom. The summed E-state index contributed by atoms with van der Waals surface area (Å²) < 4.78 is 82.7. The summed E-state index contributed by atoms with van der Waals surface area (Å²) in [5.74, 6) is -5.12. The van der Waals surface area contributed by atoms with Gasteiger partial charge in [0.25, 0.3) is 0 Å². The molecule has 0 aliphatic carbocycles. The fourth-order valence-corrected chi connectivity index (χ4v) is 13.8. The maximum atomic E-state index is 14.7. The number of methoxy groups -OCH3 is 4. The highest BCUT2D eigenvalue weighted by Gasteiger charge is 2.55. The Kier molecular flexibility index (Phi) is 30.4. The lowest BCUT2D eigenvalue weighted by atomic mass is 9.82. The van der Waals surface area contributed by atoms with E-state index in [2.05, 4.69) is 26.1 Å². The second-order valence-corrected chi connectivity index (χ2v) is 28.9. The van der Waals surface area contributed by atoms with Crippen LogP contribution in [-0.2, 0) is 78.3 Å². The molecule has 106 heavy (non-hydrogen) atoms. The van der Waals surface area contributed by atoms with E-state index in [1.807, 2.05) is 105 Å². The number of aliphatic hydroxyl groups excluding tert-OH is 4. The number of hydrogen-bond acceptors (Lipinski definition) is 21. The third kappa shape index (κ3) is 23.0.